The number of carbonyl (C=O) groups is 1. The molecule has 0 saturated heterocycles. The molecule has 0 radical (unpaired) electrons. The predicted molar refractivity (Wildman–Crippen MR) is 136 cm³/mol. The quantitative estimate of drug-likeness (QED) is 0.341. The summed E-state index contributed by atoms with van der Waals surface area (Å²) in [6.07, 6.45) is -7.44. The molecule has 0 spiro atoms. The fourth-order valence-electron chi connectivity index (χ4n) is 5.58. The van der Waals surface area contributed by atoms with Crippen LogP contribution in [0.3, 0.4) is 0 Å². The van der Waals surface area contributed by atoms with Gasteiger partial charge in [-0.15, -0.1) is 0 Å². The summed E-state index contributed by atoms with van der Waals surface area (Å²) in [5, 5.41) is 19.7. The Morgan fingerprint density at radius 3 is 2.21 bits per heavy atom. The third kappa shape index (κ3) is 6.31. The summed E-state index contributed by atoms with van der Waals surface area (Å²) >= 11 is 0. The molecule has 1 saturated carbocycles. The lowest BCUT2D eigenvalue weighted by molar-refractivity contribution is -0.183. The van der Waals surface area contributed by atoms with Crippen LogP contribution in [0.25, 0.3) is 0 Å². The maximum absolute atomic E-state index is 15.7. The van der Waals surface area contributed by atoms with E-state index in [2.05, 4.69) is 0 Å². The van der Waals surface area contributed by atoms with E-state index in [1.807, 2.05) is 0 Å². The van der Waals surface area contributed by atoms with Gasteiger partial charge in [-0.1, -0.05) is 0 Å². The molecule has 0 aromatic heterocycles. The Kier molecular flexibility index (Phi) is 8.02. The zero-order chi connectivity index (χ0) is 31.5. The van der Waals surface area contributed by atoms with Crippen molar-refractivity contribution in [2.75, 3.05) is 18.1 Å². The minimum Gasteiger partial charge on any atom is -0.492 e. The molecule has 7 nitrogen and oxygen atoms in total. The van der Waals surface area contributed by atoms with Crippen LogP contribution in [0.5, 0.6) is 5.75 Å². The smallest absolute Gasteiger partial charge is 0.420 e. The molecule has 1 aliphatic heterocycles. The SMILES string of the molecule is CC(F)(F)CC[C@@H]1CN(c2ccc(F)cc2)c2cc(C(F)(F)F)c(OCC3(C(=O)O)CC(C)(O)C3)cc2S(=O)(=O)[C@@H]1F. The average molecular weight is 628 g/mol. The molecular formula is C27H28F7NO6S. The van der Waals surface area contributed by atoms with Crippen molar-refractivity contribution >= 4 is 27.2 Å². The van der Waals surface area contributed by atoms with Gasteiger partial charge in [0.2, 0.25) is 21.3 Å². The molecule has 1 aliphatic carbocycles. The first-order chi connectivity index (χ1) is 19.2. The van der Waals surface area contributed by atoms with Crippen LogP contribution in [0, 0.1) is 17.2 Å². The lowest BCUT2D eigenvalue weighted by atomic mass is 9.60. The summed E-state index contributed by atoms with van der Waals surface area (Å²) < 4.78 is 132. The van der Waals surface area contributed by atoms with Gasteiger partial charge in [-0.25, -0.2) is 26.0 Å². The Balaban J connectivity index is 1.87. The molecule has 1 heterocycles. The third-order valence-electron chi connectivity index (χ3n) is 7.54. The highest BCUT2D eigenvalue weighted by Gasteiger charge is 2.57. The number of ether oxygens (including phenoxy) is 1. The maximum atomic E-state index is 15.7. The van der Waals surface area contributed by atoms with Gasteiger partial charge in [-0.05, 0) is 63.4 Å². The van der Waals surface area contributed by atoms with E-state index < -0.39 is 104 Å². The van der Waals surface area contributed by atoms with E-state index in [0.717, 1.165) is 29.2 Å². The number of nitrogens with zero attached hydrogens (tertiary/aromatic N) is 1. The largest absolute Gasteiger partial charge is 0.492 e. The number of fused-ring (bicyclic) bond motifs is 1. The van der Waals surface area contributed by atoms with Gasteiger partial charge >= 0.3 is 12.1 Å². The molecule has 2 N–H and O–H groups in total. The summed E-state index contributed by atoms with van der Waals surface area (Å²) in [6, 6.07) is 4.97. The minimum atomic E-state index is -5.17. The highest BCUT2D eigenvalue weighted by atomic mass is 32.2. The number of anilines is 2. The molecule has 0 bridgehead atoms. The number of carboxylic acid groups (broad SMARTS) is 1. The fourth-order valence-corrected chi connectivity index (χ4v) is 7.29. The van der Waals surface area contributed by atoms with Crippen LogP contribution in [0.4, 0.5) is 42.1 Å². The molecule has 0 amide bonds. The number of benzene rings is 2. The second-order valence-electron chi connectivity index (χ2n) is 11.4. The Hall–Kier alpha value is -3.07. The van der Waals surface area contributed by atoms with Crippen molar-refractivity contribution in [1.29, 1.82) is 0 Å². The fraction of sp³-hybridized carbons (Fsp3) is 0.519. The van der Waals surface area contributed by atoms with Gasteiger partial charge < -0.3 is 19.8 Å². The molecule has 2 aromatic carbocycles. The second kappa shape index (κ2) is 10.6. The molecular weight excluding hydrogens is 599 g/mol. The standard InChI is InChI=1S/C27H28F7NO6S/c1-24(38)12-26(13-24,23(36)37)14-41-20-10-21-19(9-18(20)27(32,33)34)35(17-5-3-16(28)4-6-17)11-15(7-8-25(2,30)31)22(29)42(21,39)40/h3-6,9-10,15,22,38H,7-8,11-14H2,1-2H3,(H,36,37)/t15-,22+,24?,26?/m1/s1. The third-order valence-corrected chi connectivity index (χ3v) is 9.45. The molecule has 4 rings (SSSR count). The topological polar surface area (TPSA) is 104 Å². The number of halogens is 7. The highest BCUT2D eigenvalue weighted by Crippen LogP contribution is 2.51. The first-order valence-corrected chi connectivity index (χ1v) is 14.3. The van der Waals surface area contributed by atoms with E-state index in [0.29, 0.717) is 19.1 Å². The Morgan fingerprint density at radius 2 is 1.71 bits per heavy atom. The van der Waals surface area contributed by atoms with Gasteiger partial charge in [-0.3, -0.25) is 4.79 Å². The van der Waals surface area contributed by atoms with Crippen molar-refractivity contribution in [1.82, 2.24) is 0 Å². The molecule has 42 heavy (non-hydrogen) atoms. The molecule has 2 atom stereocenters. The molecule has 15 heteroatoms. The molecule has 1 fully saturated rings. The van der Waals surface area contributed by atoms with Crippen molar-refractivity contribution in [3.8, 4) is 5.75 Å². The van der Waals surface area contributed by atoms with Crippen LogP contribution in [-0.4, -0.2) is 54.8 Å². The lowest BCUT2D eigenvalue weighted by Crippen LogP contribution is -2.57. The van der Waals surface area contributed by atoms with Gasteiger partial charge in [0.1, 0.15) is 23.6 Å². The number of aliphatic hydroxyl groups is 1. The van der Waals surface area contributed by atoms with E-state index in [1.54, 1.807) is 0 Å². The summed E-state index contributed by atoms with van der Waals surface area (Å²) in [5.74, 6) is -8.19. The molecule has 0 unspecified atom stereocenters. The second-order valence-corrected chi connectivity index (χ2v) is 13.4. The van der Waals surface area contributed by atoms with E-state index in [-0.39, 0.29) is 18.5 Å². The monoisotopic (exact) mass is 627 g/mol. The van der Waals surface area contributed by atoms with Crippen molar-refractivity contribution in [2.45, 2.75) is 67.6 Å². The number of rotatable bonds is 8. The average Bonchev–Trinajstić information content (AvgIpc) is 2.92. The van der Waals surface area contributed by atoms with E-state index in [4.69, 9.17) is 4.74 Å². The number of aliphatic carboxylic acids is 1. The van der Waals surface area contributed by atoms with Crippen molar-refractivity contribution in [3.63, 3.8) is 0 Å². The van der Waals surface area contributed by atoms with Gasteiger partial charge in [0, 0.05) is 30.6 Å². The van der Waals surface area contributed by atoms with E-state index >= 15 is 4.39 Å². The zero-order valence-corrected chi connectivity index (χ0v) is 23.2. The van der Waals surface area contributed by atoms with Crippen molar-refractivity contribution in [3.05, 3.63) is 47.8 Å². The van der Waals surface area contributed by atoms with Crippen LogP contribution >= 0.6 is 0 Å². The number of carboxylic acids is 1. The summed E-state index contributed by atoms with van der Waals surface area (Å²) in [4.78, 5) is 11.9. The van der Waals surface area contributed by atoms with E-state index in [9.17, 15) is 49.8 Å². The van der Waals surface area contributed by atoms with Gasteiger partial charge in [-0.2, -0.15) is 13.2 Å². The number of alkyl halides is 6. The Labute approximate surface area is 236 Å². The van der Waals surface area contributed by atoms with Crippen LogP contribution in [-0.2, 0) is 20.8 Å². The highest BCUT2D eigenvalue weighted by molar-refractivity contribution is 7.92. The maximum Gasteiger partial charge on any atom is 0.420 e. The van der Waals surface area contributed by atoms with Crippen LogP contribution in [0.2, 0.25) is 0 Å². The van der Waals surface area contributed by atoms with Crippen LogP contribution < -0.4 is 9.64 Å². The number of hydrogen-bond acceptors (Lipinski definition) is 6. The Morgan fingerprint density at radius 1 is 1.12 bits per heavy atom. The van der Waals surface area contributed by atoms with E-state index in [1.165, 1.54) is 6.92 Å². The molecule has 232 valence electrons. The number of sulfone groups is 1. The van der Waals surface area contributed by atoms with Gasteiger partial charge in [0.25, 0.3) is 0 Å². The minimum absolute atomic E-state index is 0.0291. The van der Waals surface area contributed by atoms with Crippen LogP contribution in [0.1, 0.15) is 45.1 Å². The lowest BCUT2D eigenvalue weighted by Gasteiger charge is -2.48. The summed E-state index contributed by atoms with van der Waals surface area (Å²) in [5.41, 5.74) is -8.16. The van der Waals surface area contributed by atoms with Crippen molar-refractivity contribution < 1.29 is 58.9 Å². The zero-order valence-electron chi connectivity index (χ0n) is 22.4. The first kappa shape index (κ1) is 31.9. The number of hydrogen-bond donors (Lipinski definition) is 2. The van der Waals surface area contributed by atoms with Crippen molar-refractivity contribution in [2.24, 2.45) is 11.3 Å². The first-order valence-electron chi connectivity index (χ1n) is 12.8. The molecule has 2 aliphatic rings. The van der Waals surface area contributed by atoms with Crippen LogP contribution in [0.15, 0.2) is 41.3 Å². The Bertz CT molecular complexity index is 1450. The summed E-state index contributed by atoms with van der Waals surface area (Å²) in [6.45, 7) is 0.391. The predicted octanol–water partition coefficient (Wildman–Crippen LogP) is 6.11. The summed E-state index contributed by atoms with van der Waals surface area (Å²) in [7, 11) is -5.12. The van der Waals surface area contributed by atoms with Gasteiger partial charge in [0.15, 0.2) is 0 Å². The van der Waals surface area contributed by atoms with Gasteiger partial charge in [0.05, 0.1) is 21.7 Å². The normalized spacial score (nSPS) is 27.5. The molecule has 2 aromatic rings.